The van der Waals surface area contributed by atoms with Crippen LogP contribution in [-0.4, -0.2) is 36.7 Å². The highest BCUT2D eigenvalue weighted by Crippen LogP contribution is 2.34. The molecule has 0 spiro atoms. The number of aromatic nitrogens is 4. The number of urea groups is 1. The van der Waals surface area contributed by atoms with E-state index in [2.05, 4.69) is 39.4 Å². The minimum Gasteiger partial charge on any atom is -0.334 e. The molecule has 1 aliphatic carbocycles. The molecule has 7 nitrogen and oxygen atoms in total. The van der Waals surface area contributed by atoms with Gasteiger partial charge in [0, 0.05) is 25.0 Å². The zero-order chi connectivity index (χ0) is 19.3. The van der Waals surface area contributed by atoms with Gasteiger partial charge in [-0.25, -0.2) is 14.5 Å². The molecular weight excluding hydrogens is 352 g/mol. The van der Waals surface area contributed by atoms with E-state index in [0.717, 1.165) is 29.5 Å². The number of nitrogens with zero attached hydrogens (tertiary/aromatic N) is 5. The smallest absolute Gasteiger partial charge is 0.318 e. The van der Waals surface area contributed by atoms with Crippen LogP contribution in [-0.2, 0) is 13.1 Å². The largest absolute Gasteiger partial charge is 0.334 e. The van der Waals surface area contributed by atoms with Crippen LogP contribution in [0.4, 0.5) is 4.79 Å². The minimum atomic E-state index is -0.0226. The molecule has 1 fully saturated rings. The molecule has 144 valence electrons. The SMILES string of the molecule is CC(c1cccnc1)N(C(=O)NCc1ccc(Cn2cncn2)cc1)C1CC1. The molecule has 1 aliphatic rings. The Balaban J connectivity index is 1.36. The highest BCUT2D eigenvalue weighted by molar-refractivity contribution is 5.75. The van der Waals surface area contributed by atoms with Gasteiger partial charge in [0.25, 0.3) is 0 Å². The van der Waals surface area contributed by atoms with Crippen LogP contribution in [0.1, 0.15) is 42.5 Å². The molecule has 4 rings (SSSR count). The molecule has 2 aromatic heterocycles. The fourth-order valence-corrected chi connectivity index (χ4v) is 3.33. The first-order chi connectivity index (χ1) is 13.7. The topological polar surface area (TPSA) is 75.9 Å². The molecule has 1 atom stereocenters. The van der Waals surface area contributed by atoms with Crippen LogP contribution in [0.15, 0.2) is 61.4 Å². The molecule has 3 aromatic rings. The van der Waals surface area contributed by atoms with Crippen LogP contribution in [0.5, 0.6) is 0 Å². The predicted octanol–water partition coefficient (Wildman–Crippen LogP) is 3.16. The average molecular weight is 376 g/mol. The summed E-state index contributed by atoms with van der Waals surface area (Å²) in [6.45, 7) is 3.25. The van der Waals surface area contributed by atoms with E-state index in [-0.39, 0.29) is 12.1 Å². The van der Waals surface area contributed by atoms with Crippen LogP contribution >= 0.6 is 0 Å². The number of carbonyl (C=O) groups is 1. The third kappa shape index (κ3) is 4.36. The van der Waals surface area contributed by atoms with Crippen molar-refractivity contribution in [1.82, 2.24) is 30.0 Å². The van der Waals surface area contributed by atoms with Crippen LogP contribution in [0.3, 0.4) is 0 Å². The van der Waals surface area contributed by atoms with Crippen molar-refractivity contribution in [3.05, 3.63) is 78.1 Å². The summed E-state index contributed by atoms with van der Waals surface area (Å²) in [5, 5.41) is 7.19. The van der Waals surface area contributed by atoms with Crippen molar-refractivity contribution < 1.29 is 4.79 Å². The van der Waals surface area contributed by atoms with E-state index in [0.29, 0.717) is 19.1 Å². The van der Waals surface area contributed by atoms with E-state index in [4.69, 9.17) is 0 Å². The number of rotatable bonds is 7. The highest BCUT2D eigenvalue weighted by Gasteiger charge is 2.36. The summed E-state index contributed by atoms with van der Waals surface area (Å²) >= 11 is 0. The highest BCUT2D eigenvalue weighted by atomic mass is 16.2. The number of hydrogen-bond donors (Lipinski definition) is 1. The first kappa shape index (κ1) is 18.2. The summed E-state index contributed by atoms with van der Waals surface area (Å²) in [6.07, 6.45) is 8.95. The second-order valence-corrected chi connectivity index (χ2v) is 7.17. The lowest BCUT2D eigenvalue weighted by Gasteiger charge is -2.29. The van der Waals surface area contributed by atoms with Crippen LogP contribution in [0.2, 0.25) is 0 Å². The molecule has 1 N–H and O–H groups in total. The second kappa shape index (κ2) is 8.21. The normalized spacial score (nSPS) is 14.5. The van der Waals surface area contributed by atoms with Gasteiger partial charge in [0.05, 0.1) is 12.6 Å². The quantitative estimate of drug-likeness (QED) is 0.687. The first-order valence-electron chi connectivity index (χ1n) is 9.57. The van der Waals surface area contributed by atoms with Crippen LogP contribution in [0, 0.1) is 0 Å². The van der Waals surface area contributed by atoms with Crippen molar-refractivity contribution >= 4 is 6.03 Å². The molecule has 0 saturated heterocycles. The van der Waals surface area contributed by atoms with Crippen molar-refractivity contribution in [3.8, 4) is 0 Å². The average Bonchev–Trinajstić information content (AvgIpc) is 3.43. The monoisotopic (exact) mass is 376 g/mol. The molecule has 2 amide bonds. The van der Waals surface area contributed by atoms with Gasteiger partial charge in [-0.1, -0.05) is 30.3 Å². The lowest BCUT2D eigenvalue weighted by Crippen LogP contribution is -2.42. The van der Waals surface area contributed by atoms with E-state index in [1.165, 1.54) is 6.33 Å². The standard InChI is InChI=1S/C21H24N6O/c1-16(19-3-2-10-22-12-19)27(20-8-9-20)21(28)24-11-17-4-6-18(7-5-17)13-26-15-23-14-25-26/h2-7,10,12,14-16,20H,8-9,11,13H2,1H3,(H,24,28). The molecule has 0 bridgehead atoms. The maximum absolute atomic E-state index is 12.9. The van der Waals surface area contributed by atoms with E-state index < -0.39 is 0 Å². The molecule has 2 heterocycles. The van der Waals surface area contributed by atoms with Crippen molar-refractivity contribution in [2.24, 2.45) is 0 Å². The Kier molecular flexibility index (Phi) is 5.32. The summed E-state index contributed by atoms with van der Waals surface area (Å²) in [7, 11) is 0. The number of pyridine rings is 1. The van der Waals surface area contributed by atoms with Crippen molar-refractivity contribution in [2.45, 2.75) is 44.9 Å². The van der Waals surface area contributed by atoms with Crippen molar-refractivity contribution in [2.75, 3.05) is 0 Å². The van der Waals surface area contributed by atoms with Gasteiger partial charge in [-0.2, -0.15) is 5.10 Å². The summed E-state index contributed by atoms with van der Waals surface area (Å²) in [6, 6.07) is 12.4. The fourth-order valence-electron chi connectivity index (χ4n) is 3.33. The van der Waals surface area contributed by atoms with E-state index in [1.54, 1.807) is 17.2 Å². The molecule has 1 aromatic carbocycles. The van der Waals surface area contributed by atoms with Gasteiger partial charge in [-0.3, -0.25) is 4.98 Å². The Morgan fingerprint density at radius 2 is 2.00 bits per heavy atom. The molecule has 0 aliphatic heterocycles. The van der Waals surface area contributed by atoms with Gasteiger partial charge in [0.1, 0.15) is 12.7 Å². The summed E-state index contributed by atoms with van der Waals surface area (Å²) < 4.78 is 1.78. The zero-order valence-corrected chi connectivity index (χ0v) is 15.9. The van der Waals surface area contributed by atoms with Crippen molar-refractivity contribution in [1.29, 1.82) is 0 Å². The first-order valence-corrected chi connectivity index (χ1v) is 9.57. The number of carbonyl (C=O) groups excluding carboxylic acids is 1. The molecule has 0 radical (unpaired) electrons. The third-order valence-corrected chi connectivity index (χ3v) is 5.04. The van der Waals surface area contributed by atoms with Gasteiger partial charge < -0.3 is 10.2 Å². The third-order valence-electron chi connectivity index (χ3n) is 5.04. The zero-order valence-electron chi connectivity index (χ0n) is 15.9. The Labute approximate surface area is 164 Å². The van der Waals surface area contributed by atoms with Gasteiger partial charge in [-0.05, 0) is 42.5 Å². The summed E-state index contributed by atoms with van der Waals surface area (Å²) in [4.78, 5) is 23.0. The number of nitrogens with one attached hydrogen (secondary N) is 1. The number of benzene rings is 1. The van der Waals surface area contributed by atoms with E-state index in [9.17, 15) is 4.79 Å². The lowest BCUT2D eigenvalue weighted by molar-refractivity contribution is 0.174. The van der Waals surface area contributed by atoms with Gasteiger partial charge in [-0.15, -0.1) is 0 Å². The Morgan fingerprint density at radius 3 is 2.64 bits per heavy atom. The van der Waals surface area contributed by atoms with E-state index >= 15 is 0 Å². The van der Waals surface area contributed by atoms with Gasteiger partial charge in [0.15, 0.2) is 0 Å². The maximum Gasteiger partial charge on any atom is 0.318 e. The van der Waals surface area contributed by atoms with Gasteiger partial charge >= 0.3 is 6.03 Å². The predicted molar refractivity (Wildman–Crippen MR) is 105 cm³/mol. The Hall–Kier alpha value is -3.22. The minimum absolute atomic E-state index is 0.00579. The fraction of sp³-hybridized carbons (Fsp3) is 0.333. The molecule has 1 saturated carbocycles. The molecule has 28 heavy (non-hydrogen) atoms. The Morgan fingerprint density at radius 1 is 1.21 bits per heavy atom. The van der Waals surface area contributed by atoms with Crippen molar-refractivity contribution in [3.63, 3.8) is 0 Å². The molecular formula is C21H24N6O. The van der Waals surface area contributed by atoms with Crippen LogP contribution < -0.4 is 5.32 Å². The van der Waals surface area contributed by atoms with Crippen LogP contribution in [0.25, 0.3) is 0 Å². The number of amides is 2. The number of hydrogen-bond acceptors (Lipinski definition) is 4. The maximum atomic E-state index is 12.9. The van der Waals surface area contributed by atoms with Gasteiger partial charge in [0.2, 0.25) is 0 Å². The second-order valence-electron chi connectivity index (χ2n) is 7.17. The lowest BCUT2D eigenvalue weighted by atomic mass is 10.1. The van der Waals surface area contributed by atoms with E-state index in [1.807, 2.05) is 35.4 Å². The molecule has 7 heteroatoms. The Bertz CT molecular complexity index is 890. The summed E-state index contributed by atoms with van der Waals surface area (Å²) in [5.41, 5.74) is 3.27. The summed E-state index contributed by atoms with van der Waals surface area (Å²) in [5.74, 6) is 0. The molecule has 1 unspecified atom stereocenters.